The Balaban J connectivity index is 1.31. The van der Waals surface area contributed by atoms with Crippen LogP contribution in [0.15, 0.2) is 48.7 Å². The number of hydrogen-bond acceptors (Lipinski definition) is 7. The number of pyridine rings is 1. The summed E-state index contributed by atoms with van der Waals surface area (Å²) < 4.78 is 5.32. The highest BCUT2D eigenvalue weighted by atomic mass is 16.5. The summed E-state index contributed by atoms with van der Waals surface area (Å²) in [5.74, 6) is 4.19. The van der Waals surface area contributed by atoms with E-state index >= 15 is 0 Å². The molecule has 33 heavy (non-hydrogen) atoms. The summed E-state index contributed by atoms with van der Waals surface area (Å²) in [6.07, 6.45) is 5.21. The highest BCUT2D eigenvalue weighted by molar-refractivity contribution is 5.43. The molecular formula is C26H34N6O. The van der Waals surface area contributed by atoms with Gasteiger partial charge in [0.2, 0.25) is 0 Å². The van der Waals surface area contributed by atoms with Crippen LogP contribution in [0.4, 0.5) is 11.6 Å². The maximum atomic E-state index is 5.32. The smallest absolute Gasteiger partial charge is 0.130 e. The van der Waals surface area contributed by atoms with E-state index in [1.165, 1.54) is 18.4 Å². The van der Waals surface area contributed by atoms with E-state index in [1.54, 1.807) is 7.11 Å². The standard InChI is InChI=1S/C26H34N6O/c1-19-30-23(16-25(31-19)29-17-21-6-4-8-24(15-21)33-3)14-20-9-12-32(13-10-20)18-22-7-5-11-28-26(22)27-2/h4-8,11,15-16,20H,9-10,12-14,17-18H2,1-3H3,(H,27,28)(H,29,30,31). The van der Waals surface area contributed by atoms with Gasteiger partial charge in [-0.15, -0.1) is 0 Å². The van der Waals surface area contributed by atoms with Gasteiger partial charge in [-0.05, 0) is 69.0 Å². The van der Waals surface area contributed by atoms with Gasteiger partial charge in [0.25, 0.3) is 0 Å². The zero-order valence-electron chi connectivity index (χ0n) is 19.8. The van der Waals surface area contributed by atoms with E-state index < -0.39 is 0 Å². The number of ether oxygens (including phenoxy) is 1. The zero-order valence-corrected chi connectivity index (χ0v) is 19.8. The molecule has 0 amide bonds. The second-order valence-electron chi connectivity index (χ2n) is 8.68. The van der Waals surface area contributed by atoms with Crippen molar-refractivity contribution in [3.05, 3.63) is 71.3 Å². The van der Waals surface area contributed by atoms with E-state index in [0.717, 1.165) is 60.5 Å². The van der Waals surface area contributed by atoms with Gasteiger partial charge < -0.3 is 15.4 Å². The van der Waals surface area contributed by atoms with Crippen molar-refractivity contribution < 1.29 is 4.74 Å². The average Bonchev–Trinajstić information content (AvgIpc) is 2.84. The van der Waals surface area contributed by atoms with Crippen molar-refractivity contribution in [2.24, 2.45) is 5.92 Å². The molecule has 1 aliphatic heterocycles. The summed E-state index contributed by atoms with van der Waals surface area (Å²) >= 11 is 0. The van der Waals surface area contributed by atoms with Crippen LogP contribution >= 0.6 is 0 Å². The van der Waals surface area contributed by atoms with Gasteiger partial charge in [-0.3, -0.25) is 4.90 Å². The number of nitrogens with one attached hydrogen (secondary N) is 2. The molecule has 2 N–H and O–H groups in total. The summed E-state index contributed by atoms with van der Waals surface area (Å²) in [5.41, 5.74) is 3.55. The van der Waals surface area contributed by atoms with Crippen LogP contribution in [-0.2, 0) is 19.5 Å². The molecule has 4 rings (SSSR count). The van der Waals surface area contributed by atoms with Crippen LogP contribution in [-0.4, -0.2) is 47.1 Å². The fraction of sp³-hybridized carbons (Fsp3) is 0.423. The molecule has 0 saturated carbocycles. The largest absolute Gasteiger partial charge is 0.497 e. The maximum absolute atomic E-state index is 5.32. The fourth-order valence-electron chi connectivity index (χ4n) is 4.48. The Bertz CT molecular complexity index is 1050. The summed E-state index contributed by atoms with van der Waals surface area (Å²) in [7, 11) is 3.62. The first kappa shape index (κ1) is 23.0. The number of aryl methyl sites for hydroxylation is 1. The predicted molar refractivity (Wildman–Crippen MR) is 133 cm³/mol. The van der Waals surface area contributed by atoms with E-state index in [4.69, 9.17) is 9.72 Å². The van der Waals surface area contributed by atoms with Crippen molar-refractivity contribution in [2.75, 3.05) is 37.9 Å². The van der Waals surface area contributed by atoms with E-state index in [0.29, 0.717) is 12.5 Å². The Morgan fingerprint density at radius 3 is 2.73 bits per heavy atom. The molecule has 0 radical (unpaired) electrons. The minimum Gasteiger partial charge on any atom is -0.497 e. The number of anilines is 2. The highest BCUT2D eigenvalue weighted by Gasteiger charge is 2.21. The molecule has 3 heterocycles. The lowest BCUT2D eigenvalue weighted by Crippen LogP contribution is -2.34. The quantitative estimate of drug-likeness (QED) is 0.508. The Morgan fingerprint density at radius 2 is 1.94 bits per heavy atom. The molecule has 1 fully saturated rings. The lowest BCUT2D eigenvalue weighted by atomic mass is 9.92. The van der Waals surface area contributed by atoms with Crippen molar-refractivity contribution in [3.8, 4) is 5.75 Å². The number of likely N-dealkylation sites (tertiary alicyclic amines) is 1. The minimum absolute atomic E-state index is 0.652. The lowest BCUT2D eigenvalue weighted by molar-refractivity contribution is 0.176. The van der Waals surface area contributed by atoms with Crippen LogP contribution in [0.1, 0.15) is 35.5 Å². The minimum atomic E-state index is 0.652. The van der Waals surface area contributed by atoms with Gasteiger partial charge >= 0.3 is 0 Å². The van der Waals surface area contributed by atoms with Gasteiger partial charge in [0.1, 0.15) is 23.2 Å². The summed E-state index contributed by atoms with van der Waals surface area (Å²) in [6.45, 7) is 5.83. The number of hydrogen-bond donors (Lipinski definition) is 2. The third-order valence-corrected chi connectivity index (χ3v) is 6.23. The van der Waals surface area contributed by atoms with Gasteiger partial charge in [0, 0.05) is 43.7 Å². The molecule has 7 nitrogen and oxygen atoms in total. The number of methoxy groups -OCH3 is 1. The fourth-order valence-corrected chi connectivity index (χ4v) is 4.48. The molecule has 1 saturated heterocycles. The molecule has 1 aromatic carbocycles. The van der Waals surface area contributed by atoms with Crippen LogP contribution in [0.25, 0.3) is 0 Å². The number of benzene rings is 1. The Kier molecular flexibility index (Phi) is 7.73. The molecule has 1 aliphatic rings. The SMILES string of the molecule is CNc1ncccc1CN1CCC(Cc2cc(NCc3cccc(OC)c3)nc(C)n2)CC1. The molecule has 0 spiro atoms. The molecule has 2 aromatic heterocycles. The first-order valence-electron chi connectivity index (χ1n) is 11.7. The Morgan fingerprint density at radius 1 is 1.09 bits per heavy atom. The molecule has 0 aliphatic carbocycles. The first-order chi connectivity index (χ1) is 16.1. The van der Waals surface area contributed by atoms with E-state index in [2.05, 4.69) is 43.7 Å². The monoisotopic (exact) mass is 446 g/mol. The van der Waals surface area contributed by atoms with Gasteiger partial charge in [-0.25, -0.2) is 15.0 Å². The predicted octanol–water partition coefficient (Wildman–Crippen LogP) is 4.30. The first-order valence-corrected chi connectivity index (χ1v) is 11.7. The summed E-state index contributed by atoms with van der Waals surface area (Å²) in [6, 6.07) is 14.4. The number of aromatic nitrogens is 3. The second-order valence-corrected chi connectivity index (χ2v) is 8.68. The van der Waals surface area contributed by atoms with Crippen LogP contribution in [0.5, 0.6) is 5.75 Å². The van der Waals surface area contributed by atoms with Crippen molar-refractivity contribution >= 4 is 11.6 Å². The van der Waals surface area contributed by atoms with Gasteiger partial charge in [-0.1, -0.05) is 18.2 Å². The Labute approximate surface area is 196 Å². The number of rotatable bonds is 9. The van der Waals surface area contributed by atoms with Crippen LogP contribution in [0.3, 0.4) is 0 Å². The molecule has 0 bridgehead atoms. The second kappa shape index (κ2) is 11.1. The maximum Gasteiger partial charge on any atom is 0.130 e. The van der Waals surface area contributed by atoms with E-state index in [9.17, 15) is 0 Å². The topological polar surface area (TPSA) is 75.2 Å². The van der Waals surface area contributed by atoms with Crippen molar-refractivity contribution in [2.45, 2.75) is 39.3 Å². The zero-order chi connectivity index (χ0) is 23.0. The van der Waals surface area contributed by atoms with Crippen LogP contribution < -0.4 is 15.4 Å². The average molecular weight is 447 g/mol. The normalized spacial score (nSPS) is 14.8. The van der Waals surface area contributed by atoms with Gasteiger partial charge in [-0.2, -0.15) is 0 Å². The molecule has 0 unspecified atom stereocenters. The van der Waals surface area contributed by atoms with Gasteiger partial charge in [0.15, 0.2) is 0 Å². The van der Waals surface area contributed by atoms with E-state index in [-0.39, 0.29) is 0 Å². The van der Waals surface area contributed by atoms with Crippen molar-refractivity contribution in [1.82, 2.24) is 19.9 Å². The van der Waals surface area contributed by atoms with Crippen molar-refractivity contribution in [3.63, 3.8) is 0 Å². The molecule has 174 valence electrons. The lowest BCUT2D eigenvalue weighted by Gasteiger charge is -2.32. The Hall–Kier alpha value is -3.19. The van der Waals surface area contributed by atoms with Gasteiger partial charge in [0.05, 0.1) is 7.11 Å². The third-order valence-electron chi connectivity index (χ3n) is 6.23. The molecular weight excluding hydrogens is 412 g/mol. The summed E-state index contributed by atoms with van der Waals surface area (Å²) in [4.78, 5) is 16.3. The van der Waals surface area contributed by atoms with Crippen LogP contribution in [0.2, 0.25) is 0 Å². The summed E-state index contributed by atoms with van der Waals surface area (Å²) in [5, 5.41) is 6.65. The van der Waals surface area contributed by atoms with E-state index in [1.807, 2.05) is 44.4 Å². The van der Waals surface area contributed by atoms with Crippen LogP contribution in [0, 0.1) is 12.8 Å². The number of nitrogens with zero attached hydrogens (tertiary/aromatic N) is 4. The molecule has 3 aromatic rings. The van der Waals surface area contributed by atoms with Crippen molar-refractivity contribution in [1.29, 1.82) is 0 Å². The molecule has 0 atom stereocenters. The molecule has 7 heteroatoms. The highest BCUT2D eigenvalue weighted by Crippen LogP contribution is 2.24. The number of piperidine rings is 1. The third kappa shape index (κ3) is 6.42.